The lowest BCUT2D eigenvalue weighted by Gasteiger charge is -2.05. The topological polar surface area (TPSA) is 55.7 Å². The average Bonchev–Trinajstić information content (AvgIpc) is 2.47. The summed E-state index contributed by atoms with van der Waals surface area (Å²) in [6, 6.07) is 17.9. The van der Waals surface area contributed by atoms with Crippen molar-refractivity contribution >= 4 is 15.8 Å². The van der Waals surface area contributed by atoms with Gasteiger partial charge in [-0.15, -0.1) is 4.36 Å². The molecule has 4 nitrogen and oxygen atoms in total. The van der Waals surface area contributed by atoms with Gasteiger partial charge in [0.2, 0.25) is 0 Å². The minimum absolute atomic E-state index is 0.119. The van der Waals surface area contributed by atoms with Crippen LogP contribution in [0.5, 0.6) is 0 Å². The molecule has 0 aromatic heterocycles. The third-order valence-electron chi connectivity index (χ3n) is 2.63. The van der Waals surface area contributed by atoms with E-state index in [9.17, 15) is 9.00 Å². The summed E-state index contributed by atoms with van der Waals surface area (Å²) in [5.41, 5.74) is 0.860. The van der Waals surface area contributed by atoms with E-state index in [1.807, 2.05) is 36.4 Å². The van der Waals surface area contributed by atoms with Crippen LogP contribution in [0.1, 0.15) is 5.56 Å². The second kappa shape index (κ2) is 6.34. The number of amides is 1. The van der Waals surface area contributed by atoms with Crippen LogP contribution in [0.15, 0.2) is 69.9 Å². The molecule has 1 amide bonds. The van der Waals surface area contributed by atoms with Crippen LogP contribution in [-0.2, 0) is 21.1 Å². The fraction of sp³-hybridized carbons (Fsp3) is 0.133. The number of carbonyl (C=O) groups is 1. The molecule has 0 N–H and O–H groups in total. The van der Waals surface area contributed by atoms with E-state index in [-0.39, 0.29) is 6.61 Å². The Balaban J connectivity index is 2.07. The summed E-state index contributed by atoms with van der Waals surface area (Å²) in [4.78, 5) is 12.1. The quantitative estimate of drug-likeness (QED) is 0.869. The maximum absolute atomic E-state index is 12.3. The number of rotatable bonds is 3. The van der Waals surface area contributed by atoms with Gasteiger partial charge in [-0.25, -0.2) is 9.00 Å². The highest BCUT2D eigenvalue weighted by Gasteiger charge is 2.09. The Hall–Kier alpha value is -2.14. The lowest BCUT2D eigenvalue weighted by molar-refractivity contribution is 0.151. The van der Waals surface area contributed by atoms with Crippen molar-refractivity contribution in [3.05, 3.63) is 66.2 Å². The summed E-state index contributed by atoms with van der Waals surface area (Å²) in [5.74, 6) is 0. The molecular weight excluding hydrogens is 274 g/mol. The zero-order valence-corrected chi connectivity index (χ0v) is 11.9. The lowest BCUT2D eigenvalue weighted by atomic mass is 10.2. The molecule has 1 unspecified atom stereocenters. The van der Waals surface area contributed by atoms with Gasteiger partial charge in [0.15, 0.2) is 0 Å². The third kappa shape index (κ3) is 3.93. The smallest absolute Gasteiger partial charge is 0.442 e. The fourth-order valence-corrected chi connectivity index (χ4v) is 2.72. The molecule has 0 bridgehead atoms. The molecule has 0 radical (unpaired) electrons. The van der Waals surface area contributed by atoms with Gasteiger partial charge < -0.3 is 4.74 Å². The molecule has 0 aliphatic heterocycles. The Morgan fingerprint density at radius 1 is 1.05 bits per heavy atom. The summed E-state index contributed by atoms with van der Waals surface area (Å²) < 4.78 is 21.0. The maximum Gasteiger partial charge on any atom is 0.442 e. The molecule has 0 heterocycles. The van der Waals surface area contributed by atoms with Crippen LogP contribution < -0.4 is 0 Å². The number of nitrogens with zero attached hydrogens (tertiary/aromatic N) is 1. The van der Waals surface area contributed by atoms with E-state index < -0.39 is 15.8 Å². The fourth-order valence-electron chi connectivity index (χ4n) is 1.61. The van der Waals surface area contributed by atoms with Gasteiger partial charge in [0, 0.05) is 11.2 Å². The van der Waals surface area contributed by atoms with Crippen LogP contribution >= 0.6 is 0 Å². The Morgan fingerprint density at radius 3 is 2.20 bits per heavy atom. The lowest BCUT2D eigenvalue weighted by Crippen LogP contribution is -2.05. The van der Waals surface area contributed by atoms with Gasteiger partial charge in [-0.05, 0) is 17.7 Å². The first kappa shape index (κ1) is 14.3. The first-order valence-corrected chi connectivity index (χ1v) is 7.98. The Morgan fingerprint density at radius 2 is 1.60 bits per heavy atom. The molecule has 0 spiro atoms. The molecule has 1 atom stereocenters. The molecule has 0 aliphatic rings. The number of hydrogen-bond acceptors (Lipinski definition) is 3. The Bertz CT molecular complexity index is 690. The molecule has 2 aromatic rings. The average molecular weight is 289 g/mol. The van der Waals surface area contributed by atoms with Gasteiger partial charge in [0.25, 0.3) is 0 Å². The number of benzene rings is 2. The molecule has 5 heteroatoms. The highest BCUT2D eigenvalue weighted by atomic mass is 32.2. The van der Waals surface area contributed by atoms with Crippen molar-refractivity contribution in [2.45, 2.75) is 11.5 Å². The van der Waals surface area contributed by atoms with Gasteiger partial charge >= 0.3 is 6.09 Å². The highest BCUT2D eigenvalue weighted by Crippen LogP contribution is 2.11. The highest BCUT2D eigenvalue weighted by molar-refractivity contribution is 7.93. The van der Waals surface area contributed by atoms with Crippen LogP contribution in [0.25, 0.3) is 0 Å². The largest absolute Gasteiger partial charge is 0.443 e. The van der Waals surface area contributed by atoms with E-state index in [4.69, 9.17) is 4.74 Å². The van der Waals surface area contributed by atoms with E-state index in [2.05, 4.69) is 4.36 Å². The maximum atomic E-state index is 12.3. The zero-order valence-electron chi connectivity index (χ0n) is 11.1. The molecule has 0 fully saturated rings. The van der Waals surface area contributed by atoms with Crippen molar-refractivity contribution in [2.75, 3.05) is 6.26 Å². The number of carbonyl (C=O) groups excluding carboxylic acids is 1. The van der Waals surface area contributed by atoms with Gasteiger partial charge in [-0.3, -0.25) is 0 Å². The van der Waals surface area contributed by atoms with E-state index in [1.54, 1.807) is 24.3 Å². The second-order valence-electron chi connectivity index (χ2n) is 4.25. The number of ether oxygens (including phenoxy) is 1. The first-order chi connectivity index (χ1) is 9.58. The predicted octanol–water partition coefficient (Wildman–Crippen LogP) is 3.48. The van der Waals surface area contributed by atoms with Crippen molar-refractivity contribution in [3.63, 3.8) is 0 Å². The van der Waals surface area contributed by atoms with Crippen LogP contribution in [-0.4, -0.2) is 16.6 Å². The minimum Gasteiger partial charge on any atom is -0.443 e. The molecule has 104 valence electrons. The normalized spacial score (nSPS) is 13.2. The van der Waals surface area contributed by atoms with Gasteiger partial charge in [-0.1, -0.05) is 48.5 Å². The van der Waals surface area contributed by atoms with Gasteiger partial charge in [0.1, 0.15) is 6.61 Å². The van der Waals surface area contributed by atoms with E-state index in [1.165, 1.54) is 6.26 Å². The molecule has 2 aromatic carbocycles. The molecule has 2 rings (SSSR count). The number of hydrogen-bond donors (Lipinski definition) is 0. The minimum atomic E-state index is -2.76. The summed E-state index contributed by atoms with van der Waals surface area (Å²) in [5, 5.41) is 0. The van der Waals surface area contributed by atoms with E-state index >= 15 is 0 Å². The summed E-state index contributed by atoms with van der Waals surface area (Å²) in [6.45, 7) is 0.119. The van der Waals surface area contributed by atoms with E-state index in [0.29, 0.717) is 4.90 Å². The van der Waals surface area contributed by atoms with Crippen molar-refractivity contribution in [2.24, 2.45) is 4.36 Å². The van der Waals surface area contributed by atoms with E-state index in [0.717, 1.165) is 5.56 Å². The summed E-state index contributed by atoms with van der Waals surface area (Å²) >= 11 is 0. The molecule has 0 saturated carbocycles. The van der Waals surface area contributed by atoms with Gasteiger partial charge in [-0.2, -0.15) is 0 Å². The Kier molecular flexibility index (Phi) is 4.53. The zero-order chi connectivity index (χ0) is 14.4. The van der Waals surface area contributed by atoms with Crippen LogP contribution in [0.4, 0.5) is 4.79 Å². The van der Waals surface area contributed by atoms with Crippen molar-refractivity contribution < 1.29 is 13.7 Å². The summed E-state index contributed by atoms with van der Waals surface area (Å²) in [6.07, 6.45) is 0.608. The van der Waals surface area contributed by atoms with Crippen molar-refractivity contribution in [1.82, 2.24) is 0 Å². The Labute approximate surface area is 118 Å². The molecule has 0 aliphatic carbocycles. The third-order valence-corrected chi connectivity index (χ3v) is 4.28. The molecular formula is C15H15NO3S. The molecule has 0 saturated heterocycles. The van der Waals surface area contributed by atoms with Crippen LogP contribution in [0.2, 0.25) is 0 Å². The monoisotopic (exact) mass is 289 g/mol. The SMILES string of the molecule is CS(=O)(=NC(=O)OCc1ccccc1)c1ccccc1. The summed E-state index contributed by atoms with van der Waals surface area (Å²) in [7, 11) is -2.76. The van der Waals surface area contributed by atoms with Crippen LogP contribution in [0.3, 0.4) is 0 Å². The van der Waals surface area contributed by atoms with Gasteiger partial charge in [0.05, 0.1) is 9.73 Å². The standard InChI is InChI=1S/C15H15NO3S/c1-20(18,14-10-6-3-7-11-14)16-15(17)19-12-13-8-4-2-5-9-13/h2-11H,12H2,1H3. The van der Waals surface area contributed by atoms with Crippen molar-refractivity contribution in [3.8, 4) is 0 Å². The second-order valence-corrected chi connectivity index (χ2v) is 6.51. The predicted molar refractivity (Wildman–Crippen MR) is 77.8 cm³/mol. The van der Waals surface area contributed by atoms with Crippen LogP contribution in [0, 0.1) is 0 Å². The first-order valence-electron chi connectivity index (χ1n) is 6.06. The van der Waals surface area contributed by atoms with Crippen molar-refractivity contribution in [1.29, 1.82) is 0 Å². The molecule has 20 heavy (non-hydrogen) atoms.